The molecule has 1 aliphatic heterocycles. The molecule has 0 amide bonds. The van der Waals surface area contributed by atoms with E-state index in [9.17, 15) is 13.2 Å². The van der Waals surface area contributed by atoms with Crippen molar-refractivity contribution in [2.75, 3.05) is 18.8 Å². The summed E-state index contributed by atoms with van der Waals surface area (Å²) >= 11 is 0. The smallest absolute Gasteiger partial charge is 0.382 e. The first-order chi connectivity index (χ1) is 14.9. The van der Waals surface area contributed by atoms with Crippen molar-refractivity contribution < 1.29 is 13.2 Å². The minimum atomic E-state index is -4.61. The van der Waals surface area contributed by atoms with Gasteiger partial charge in [-0.1, -0.05) is 42.5 Å². The number of likely N-dealkylation sites (tertiary alicyclic amines) is 1. The summed E-state index contributed by atoms with van der Waals surface area (Å²) < 4.78 is 42.8. The molecule has 2 N–H and O–H groups in total. The molecule has 0 unspecified atom stereocenters. The van der Waals surface area contributed by atoms with Crippen LogP contribution in [-0.2, 0) is 19.3 Å². The Kier molecular flexibility index (Phi) is 4.81. The number of halogens is 3. The van der Waals surface area contributed by atoms with E-state index in [1.165, 1.54) is 17.4 Å². The number of benzene rings is 2. The number of alkyl halides is 3. The molecule has 4 aromatic rings. The van der Waals surface area contributed by atoms with Crippen LogP contribution in [0.4, 0.5) is 19.0 Å². The molecule has 5 nitrogen and oxygen atoms in total. The second kappa shape index (κ2) is 7.53. The molecule has 1 fully saturated rings. The van der Waals surface area contributed by atoms with Crippen LogP contribution >= 0.6 is 0 Å². The molecule has 31 heavy (non-hydrogen) atoms. The van der Waals surface area contributed by atoms with Crippen LogP contribution in [0.5, 0.6) is 0 Å². The van der Waals surface area contributed by atoms with Gasteiger partial charge >= 0.3 is 6.18 Å². The van der Waals surface area contributed by atoms with Gasteiger partial charge in [0.25, 0.3) is 0 Å². The van der Waals surface area contributed by atoms with Gasteiger partial charge in [-0.25, -0.2) is 9.97 Å². The molecular weight excluding hydrogens is 403 g/mol. The lowest BCUT2D eigenvalue weighted by Crippen LogP contribution is -2.18. The number of aromatic nitrogens is 3. The molecule has 160 valence electrons. The first kappa shape index (κ1) is 19.8. The number of anilines is 1. The molecular formula is C23H22F3N5. The summed E-state index contributed by atoms with van der Waals surface area (Å²) in [5, 5.41) is 0.598. The number of hydrogen-bond donors (Lipinski definition) is 1. The number of para-hydroxylation sites is 1. The molecule has 1 aliphatic rings. The molecule has 2 aromatic carbocycles. The Morgan fingerprint density at radius 3 is 2.19 bits per heavy atom. The highest BCUT2D eigenvalue weighted by molar-refractivity contribution is 6.06. The number of nitrogens with two attached hydrogens (primary N) is 1. The Morgan fingerprint density at radius 1 is 0.871 bits per heavy atom. The Labute approximate surface area is 177 Å². The van der Waals surface area contributed by atoms with Gasteiger partial charge in [0.1, 0.15) is 5.52 Å². The summed E-state index contributed by atoms with van der Waals surface area (Å²) in [4.78, 5) is 10.5. The van der Waals surface area contributed by atoms with Crippen molar-refractivity contribution in [1.82, 2.24) is 19.4 Å². The highest BCUT2D eigenvalue weighted by atomic mass is 19.4. The van der Waals surface area contributed by atoms with Crippen LogP contribution in [0.15, 0.2) is 48.5 Å². The van der Waals surface area contributed by atoms with Gasteiger partial charge in [-0.3, -0.25) is 4.90 Å². The molecule has 0 bridgehead atoms. The zero-order chi connectivity index (χ0) is 21.6. The maximum Gasteiger partial charge on any atom is 0.449 e. The molecule has 0 radical (unpaired) electrons. The monoisotopic (exact) mass is 425 g/mol. The van der Waals surface area contributed by atoms with Crippen molar-refractivity contribution in [2.24, 2.45) is 0 Å². The number of hydrogen-bond acceptors (Lipinski definition) is 4. The highest BCUT2D eigenvalue weighted by Crippen LogP contribution is 2.36. The van der Waals surface area contributed by atoms with E-state index in [2.05, 4.69) is 14.9 Å². The maximum absolute atomic E-state index is 13.9. The fraction of sp³-hybridized carbons (Fsp3) is 0.304. The summed E-state index contributed by atoms with van der Waals surface area (Å²) in [6, 6.07) is 14.8. The van der Waals surface area contributed by atoms with Crippen LogP contribution in [-0.4, -0.2) is 32.5 Å². The topological polar surface area (TPSA) is 60.0 Å². The van der Waals surface area contributed by atoms with E-state index in [0.29, 0.717) is 16.4 Å². The lowest BCUT2D eigenvalue weighted by molar-refractivity contribution is -0.146. The zero-order valence-corrected chi connectivity index (χ0v) is 16.9. The van der Waals surface area contributed by atoms with Crippen LogP contribution in [0.1, 0.15) is 29.8 Å². The number of pyridine rings is 1. The van der Waals surface area contributed by atoms with E-state index < -0.39 is 12.0 Å². The summed E-state index contributed by atoms with van der Waals surface area (Å²) in [5.41, 5.74) is 8.90. The zero-order valence-electron chi connectivity index (χ0n) is 16.9. The van der Waals surface area contributed by atoms with Gasteiger partial charge in [-0.05, 0) is 43.1 Å². The Morgan fingerprint density at radius 2 is 1.52 bits per heavy atom. The lowest BCUT2D eigenvalue weighted by Gasteiger charge is -2.15. The number of imidazole rings is 1. The third-order valence-corrected chi connectivity index (χ3v) is 5.83. The molecule has 0 atom stereocenters. The molecule has 5 rings (SSSR count). The molecule has 0 saturated carbocycles. The van der Waals surface area contributed by atoms with Crippen LogP contribution in [0.2, 0.25) is 0 Å². The summed E-state index contributed by atoms with van der Waals surface area (Å²) in [6.07, 6.45) is -2.17. The largest absolute Gasteiger partial charge is 0.449 e. The molecule has 1 saturated heterocycles. The normalized spacial score (nSPS) is 15.3. The van der Waals surface area contributed by atoms with Crippen LogP contribution in [0.25, 0.3) is 21.9 Å². The second-order valence-corrected chi connectivity index (χ2v) is 8.03. The quantitative estimate of drug-likeness (QED) is 0.509. The van der Waals surface area contributed by atoms with Gasteiger partial charge in [-0.15, -0.1) is 0 Å². The van der Waals surface area contributed by atoms with Crippen LogP contribution in [0, 0.1) is 0 Å². The first-order valence-electron chi connectivity index (χ1n) is 10.3. The second-order valence-electron chi connectivity index (χ2n) is 8.03. The van der Waals surface area contributed by atoms with Gasteiger partial charge in [-0.2, -0.15) is 13.2 Å². The molecule has 3 heterocycles. The first-order valence-corrected chi connectivity index (χ1v) is 10.3. The number of nitrogens with zero attached hydrogens (tertiary/aromatic N) is 4. The Bertz CT molecular complexity index is 1240. The predicted molar refractivity (Wildman–Crippen MR) is 115 cm³/mol. The molecule has 0 spiro atoms. The van der Waals surface area contributed by atoms with E-state index in [-0.39, 0.29) is 17.9 Å². The fourth-order valence-corrected chi connectivity index (χ4v) is 4.36. The van der Waals surface area contributed by atoms with Gasteiger partial charge < -0.3 is 10.3 Å². The third kappa shape index (κ3) is 3.72. The molecule has 2 aromatic heterocycles. The number of nitrogen functional groups attached to an aromatic ring is 1. The Balaban J connectivity index is 1.58. The van der Waals surface area contributed by atoms with Crippen molar-refractivity contribution >= 4 is 27.8 Å². The average Bonchev–Trinajstić information content (AvgIpc) is 3.38. The van der Waals surface area contributed by atoms with Crippen LogP contribution < -0.4 is 5.73 Å². The van der Waals surface area contributed by atoms with E-state index >= 15 is 0 Å². The fourth-order valence-electron chi connectivity index (χ4n) is 4.36. The van der Waals surface area contributed by atoms with E-state index in [0.717, 1.165) is 30.8 Å². The van der Waals surface area contributed by atoms with E-state index in [4.69, 9.17) is 5.73 Å². The summed E-state index contributed by atoms with van der Waals surface area (Å²) in [5.74, 6) is -0.965. The van der Waals surface area contributed by atoms with Crippen molar-refractivity contribution in [3.05, 3.63) is 65.5 Å². The van der Waals surface area contributed by atoms with E-state index in [1.54, 1.807) is 24.3 Å². The Hall–Kier alpha value is -3.13. The summed E-state index contributed by atoms with van der Waals surface area (Å²) in [6.45, 7) is 3.11. The van der Waals surface area contributed by atoms with Crippen molar-refractivity contribution in [3.63, 3.8) is 0 Å². The maximum atomic E-state index is 13.9. The van der Waals surface area contributed by atoms with Gasteiger partial charge in [0.2, 0.25) is 5.82 Å². The number of rotatable bonds is 4. The minimum absolute atomic E-state index is 0.00101. The van der Waals surface area contributed by atoms with Crippen LogP contribution in [0.3, 0.4) is 0 Å². The molecule has 8 heteroatoms. The molecule has 0 aliphatic carbocycles. The highest BCUT2D eigenvalue weighted by Gasteiger charge is 2.38. The van der Waals surface area contributed by atoms with Gasteiger partial charge in [0, 0.05) is 18.5 Å². The summed E-state index contributed by atoms with van der Waals surface area (Å²) in [7, 11) is 0. The van der Waals surface area contributed by atoms with Crippen molar-refractivity contribution in [2.45, 2.75) is 32.1 Å². The predicted octanol–water partition coefficient (Wildman–Crippen LogP) is 4.83. The number of fused-ring (bicyclic) bond motifs is 3. The lowest BCUT2D eigenvalue weighted by atomic mass is 10.1. The standard InChI is InChI=1S/C23H22F3N5/c24-23(25,26)22-29-19-20(17-5-1-2-6-18(17)28-21(19)27)31(22)14-16-9-7-15(8-10-16)13-30-11-3-4-12-30/h1-2,5-10H,3-4,11-14H2,(H2,27,28). The average molecular weight is 425 g/mol. The minimum Gasteiger partial charge on any atom is -0.382 e. The van der Waals surface area contributed by atoms with E-state index in [1.807, 2.05) is 24.3 Å². The SMILES string of the molecule is Nc1nc2ccccc2c2c1nc(C(F)(F)F)n2Cc1ccc(CN2CCCC2)cc1. The van der Waals surface area contributed by atoms with Crippen molar-refractivity contribution in [1.29, 1.82) is 0 Å². The van der Waals surface area contributed by atoms with Gasteiger partial charge in [0.15, 0.2) is 5.82 Å². The van der Waals surface area contributed by atoms with Gasteiger partial charge in [0.05, 0.1) is 11.0 Å². The van der Waals surface area contributed by atoms with Crippen molar-refractivity contribution in [3.8, 4) is 0 Å². The third-order valence-electron chi connectivity index (χ3n) is 5.83.